The lowest BCUT2D eigenvalue weighted by molar-refractivity contribution is -0.117. The number of ketones is 1. The number of alkyl halides is 2. The molecule has 8 nitrogen and oxygen atoms in total. The predicted molar refractivity (Wildman–Crippen MR) is 191 cm³/mol. The molecule has 1 saturated carbocycles. The maximum absolute atomic E-state index is 16.1. The van der Waals surface area contributed by atoms with Crippen LogP contribution < -0.4 is 10.2 Å². The van der Waals surface area contributed by atoms with Gasteiger partial charge < -0.3 is 14.8 Å². The van der Waals surface area contributed by atoms with Crippen LogP contribution in [0.1, 0.15) is 74.5 Å². The molecule has 4 rings (SSSR count). The van der Waals surface area contributed by atoms with Gasteiger partial charge >= 0.3 is 12.2 Å². The minimum atomic E-state index is -1.45. The van der Waals surface area contributed by atoms with Gasteiger partial charge in [0.15, 0.2) is 17.4 Å². The summed E-state index contributed by atoms with van der Waals surface area (Å²) < 4.78 is 40.4. The summed E-state index contributed by atoms with van der Waals surface area (Å²) in [5, 5.41) is 3.31. The highest BCUT2D eigenvalue weighted by molar-refractivity contribution is 6.53. The molecule has 1 fully saturated rings. The third-order valence-electron chi connectivity index (χ3n) is 7.33. The van der Waals surface area contributed by atoms with Crippen molar-refractivity contribution in [2.45, 2.75) is 76.3 Å². The van der Waals surface area contributed by atoms with Crippen molar-refractivity contribution in [3.05, 3.63) is 91.4 Å². The molecule has 0 unspecified atom stereocenters. The summed E-state index contributed by atoms with van der Waals surface area (Å²) >= 11 is 31.6. The third kappa shape index (κ3) is 8.83. The molecule has 0 saturated heterocycles. The van der Waals surface area contributed by atoms with E-state index in [0.717, 1.165) is 12.1 Å². The van der Waals surface area contributed by atoms with Crippen LogP contribution in [0.15, 0.2) is 42.5 Å². The smallest absolute Gasteiger partial charge is 0.424 e. The Morgan fingerprint density at radius 1 is 0.860 bits per heavy atom. The van der Waals surface area contributed by atoms with Crippen molar-refractivity contribution in [2.75, 3.05) is 10.2 Å². The monoisotopic (exact) mass is 790 g/mol. The van der Waals surface area contributed by atoms with Gasteiger partial charge in [-0.1, -0.05) is 46.9 Å². The van der Waals surface area contributed by atoms with Crippen LogP contribution in [0, 0.1) is 24.5 Å². The number of imide groups is 1. The lowest BCUT2D eigenvalue weighted by Gasteiger charge is -2.29. The zero-order valence-electron chi connectivity index (χ0n) is 27.9. The second kappa shape index (κ2) is 14.5. The number of amides is 3. The number of carbonyl (C=O) groups excluding carboxylic acids is 4. The van der Waals surface area contributed by atoms with Crippen LogP contribution in [0.2, 0.25) is 15.1 Å². The van der Waals surface area contributed by atoms with Crippen molar-refractivity contribution < 1.29 is 37.4 Å². The van der Waals surface area contributed by atoms with Gasteiger partial charge in [-0.05, 0) is 95.5 Å². The Labute approximate surface area is 313 Å². The second-order valence-electron chi connectivity index (χ2n) is 13.7. The molecule has 0 aromatic heterocycles. The van der Waals surface area contributed by atoms with Crippen LogP contribution in [-0.4, -0.2) is 39.4 Å². The summed E-state index contributed by atoms with van der Waals surface area (Å²) in [5.41, 5.74) is -2.68. The molecule has 1 aliphatic rings. The van der Waals surface area contributed by atoms with Gasteiger partial charge in [-0.2, -0.15) is 4.90 Å². The number of benzene rings is 3. The van der Waals surface area contributed by atoms with Gasteiger partial charge in [-0.15, -0.1) is 23.2 Å². The van der Waals surface area contributed by atoms with E-state index < -0.39 is 75.0 Å². The molecule has 3 aromatic rings. The molecule has 268 valence electrons. The molecule has 15 heteroatoms. The number of hydrogen-bond donors (Lipinski definition) is 1. The van der Waals surface area contributed by atoms with E-state index in [1.165, 1.54) is 53.7 Å². The Hall–Kier alpha value is -3.15. The van der Waals surface area contributed by atoms with Gasteiger partial charge in [0.05, 0.1) is 21.0 Å². The van der Waals surface area contributed by atoms with Gasteiger partial charge in [0.25, 0.3) is 0 Å². The van der Waals surface area contributed by atoms with Crippen LogP contribution in [0.25, 0.3) is 0 Å². The standard InChI is InChI=1S/C35H33Cl5F2N2O6/c1-16-12-19(43-30(46)26-25(35(26,39)40)17-8-10-21(36)22(37)13-17)15-20(27(16)38)24(45)14-18-9-11-23(41)29(28(18)42)44(31(47)49-33(2,3)4)32(48)50-34(5,6)7/h8-13,15,25-26H,14H2,1-7H3,(H,43,46)/t25-,26+/m0/s1. The molecule has 0 radical (unpaired) electrons. The molecule has 1 aliphatic carbocycles. The summed E-state index contributed by atoms with van der Waals surface area (Å²) in [7, 11) is 0. The molecule has 1 N–H and O–H groups in total. The predicted octanol–water partition coefficient (Wildman–Crippen LogP) is 10.9. The van der Waals surface area contributed by atoms with Gasteiger partial charge in [0, 0.05) is 23.6 Å². The van der Waals surface area contributed by atoms with Crippen molar-refractivity contribution in [2.24, 2.45) is 5.92 Å². The first-order chi connectivity index (χ1) is 22.9. The van der Waals surface area contributed by atoms with Gasteiger partial charge in [-0.3, -0.25) is 9.59 Å². The van der Waals surface area contributed by atoms with E-state index in [2.05, 4.69) is 5.32 Å². The molecular weight excluding hydrogens is 760 g/mol. The van der Waals surface area contributed by atoms with Crippen LogP contribution in [-0.2, 0) is 20.7 Å². The average Bonchev–Trinajstić information content (AvgIpc) is 3.55. The minimum absolute atomic E-state index is 0.0176. The summed E-state index contributed by atoms with van der Waals surface area (Å²) in [6.07, 6.45) is -3.48. The SMILES string of the molecule is Cc1cc(NC(=O)[C@H]2[C@H](c3ccc(Cl)c(Cl)c3)C2(Cl)Cl)cc(C(=O)Cc2ccc(F)c(N(C(=O)OC(C)(C)C)C(=O)OC(C)(C)C)c2F)c1Cl. The van der Waals surface area contributed by atoms with E-state index in [0.29, 0.717) is 16.1 Å². The van der Waals surface area contributed by atoms with E-state index in [4.69, 9.17) is 67.5 Å². The van der Waals surface area contributed by atoms with Crippen molar-refractivity contribution in [3.8, 4) is 0 Å². The van der Waals surface area contributed by atoms with E-state index in [1.54, 1.807) is 25.1 Å². The number of carbonyl (C=O) groups is 4. The summed E-state index contributed by atoms with van der Waals surface area (Å²) in [6, 6.07) is 9.42. The lowest BCUT2D eigenvalue weighted by Crippen LogP contribution is -2.44. The quantitative estimate of drug-likeness (QED) is 0.189. The molecule has 3 aromatic carbocycles. The second-order valence-corrected chi connectivity index (χ2v) is 16.3. The Balaban J connectivity index is 1.63. The van der Waals surface area contributed by atoms with E-state index >= 15 is 8.78 Å². The fraction of sp³-hybridized carbons (Fsp3) is 0.371. The Morgan fingerprint density at radius 2 is 1.44 bits per heavy atom. The van der Waals surface area contributed by atoms with Gasteiger partial charge in [0.2, 0.25) is 5.91 Å². The molecule has 0 bridgehead atoms. The molecule has 0 spiro atoms. The highest BCUT2D eigenvalue weighted by atomic mass is 35.5. The molecule has 2 atom stereocenters. The number of hydrogen-bond acceptors (Lipinski definition) is 6. The molecule has 0 heterocycles. The third-order valence-corrected chi connectivity index (χ3v) is 9.52. The number of nitrogens with zero attached hydrogens (tertiary/aromatic N) is 1. The van der Waals surface area contributed by atoms with Crippen molar-refractivity contribution in [3.63, 3.8) is 0 Å². The van der Waals surface area contributed by atoms with E-state index in [-0.39, 0.29) is 31.8 Å². The van der Waals surface area contributed by atoms with Crippen LogP contribution in [0.5, 0.6) is 0 Å². The maximum atomic E-state index is 16.1. The number of rotatable bonds is 7. The number of nitrogens with one attached hydrogen (secondary N) is 1. The van der Waals surface area contributed by atoms with Gasteiger partial charge in [0.1, 0.15) is 21.2 Å². The van der Waals surface area contributed by atoms with Crippen molar-refractivity contribution >= 4 is 93.3 Å². The van der Waals surface area contributed by atoms with Gasteiger partial charge in [-0.25, -0.2) is 18.4 Å². The summed E-state index contributed by atoms with van der Waals surface area (Å²) in [4.78, 5) is 53.3. The molecule has 3 amide bonds. The average molecular weight is 793 g/mol. The first-order valence-electron chi connectivity index (χ1n) is 15.1. The zero-order chi connectivity index (χ0) is 37.7. The van der Waals surface area contributed by atoms with Crippen LogP contribution in [0.4, 0.5) is 29.7 Å². The lowest BCUT2D eigenvalue weighted by atomic mass is 9.99. The van der Waals surface area contributed by atoms with Crippen LogP contribution in [0.3, 0.4) is 0 Å². The number of aryl methyl sites for hydroxylation is 1. The Morgan fingerprint density at radius 3 is 1.98 bits per heavy atom. The molecule has 50 heavy (non-hydrogen) atoms. The maximum Gasteiger partial charge on any atom is 0.424 e. The number of ether oxygens (including phenoxy) is 2. The van der Waals surface area contributed by atoms with E-state index in [1.807, 2.05) is 0 Å². The Kier molecular flexibility index (Phi) is 11.5. The first kappa shape index (κ1) is 39.6. The van der Waals surface area contributed by atoms with Crippen LogP contribution >= 0.6 is 58.0 Å². The number of anilines is 2. The molecular formula is C35H33Cl5F2N2O6. The fourth-order valence-corrected chi connectivity index (χ4v) is 6.45. The summed E-state index contributed by atoms with van der Waals surface area (Å²) in [6.45, 7) is 10.6. The highest BCUT2D eigenvalue weighted by Gasteiger charge is 2.67. The first-order valence-corrected chi connectivity index (χ1v) is 17.0. The Bertz CT molecular complexity index is 1860. The number of halogens is 7. The molecule has 0 aliphatic heterocycles. The topological polar surface area (TPSA) is 102 Å². The summed E-state index contributed by atoms with van der Waals surface area (Å²) in [5.74, 6) is -5.44. The zero-order valence-corrected chi connectivity index (χ0v) is 31.7. The number of Topliss-reactive ketones (excluding diaryl/α,β-unsaturated/α-hetero) is 1. The minimum Gasteiger partial charge on any atom is -0.443 e. The van der Waals surface area contributed by atoms with E-state index in [9.17, 15) is 19.2 Å². The largest absolute Gasteiger partial charge is 0.443 e. The fourth-order valence-electron chi connectivity index (χ4n) is 5.10. The van der Waals surface area contributed by atoms with Crippen molar-refractivity contribution in [1.29, 1.82) is 0 Å². The van der Waals surface area contributed by atoms with Crippen molar-refractivity contribution in [1.82, 2.24) is 0 Å². The highest BCUT2D eigenvalue weighted by Crippen LogP contribution is 2.65. The normalized spacial score (nSPS) is 16.8.